The van der Waals surface area contributed by atoms with E-state index in [1.54, 1.807) is 0 Å². The molecule has 0 spiro atoms. The van der Waals surface area contributed by atoms with Crippen LogP contribution in [0.25, 0.3) is 0 Å². The third-order valence-corrected chi connectivity index (χ3v) is 3.49. The molecule has 2 fully saturated rings. The zero-order valence-corrected chi connectivity index (χ0v) is 9.63. The molecular formula is C13H16F2N2. The number of nitrogens with zero attached hydrogens (tertiary/aromatic N) is 1. The number of anilines is 1. The Morgan fingerprint density at radius 3 is 2.41 bits per heavy atom. The number of hydrogen-bond acceptors (Lipinski definition) is 2. The minimum absolute atomic E-state index is 0.132. The van der Waals surface area contributed by atoms with Gasteiger partial charge in [-0.05, 0) is 31.4 Å². The van der Waals surface area contributed by atoms with Gasteiger partial charge in [-0.2, -0.15) is 0 Å². The third kappa shape index (κ3) is 2.27. The van der Waals surface area contributed by atoms with E-state index in [9.17, 15) is 8.78 Å². The summed E-state index contributed by atoms with van der Waals surface area (Å²) < 4.78 is 27.2. The number of hydrogen-bond donors (Lipinski definition) is 1. The van der Waals surface area contributed by atoms with Crippen molar-refractivity contribution in [2.24, 2.45) is 0 Å². The molecule has 0 aromatic heterocycles. The van der Waals surface area contributed by atoms with Crippen molar-refractivity contribution in [3.8, 4) is 0 Å². The lowest BCUT2D eigenvalue weighted by atomic mass is 10.2. The Morgan fingerprint density at radius 1 is 1.06 bits per heavy atom. The van der Waals surface area contributed by atoms with Crippen molar-refractivity contribution in [2.75, 3.05) is 18.0 Å². The molecule has 0 amide bonds. The van der Waals surface area contributed by atoms with Gasteiger partial charge >= 0.3 is 0 Å². The first-order valence-corrected chi connectivity index (χ1v) is 6.19. The molecule has 1 aromatic rings. The van der Waals surface area contributed by atoms with Crippen molar-refractivity contribution < 1.29 is 8.78 Å². The molecule has 1 heterocycles. The van der Waals surface area contributed by atoms with Gasteiger partial charge in [0.1, 0.15) is 17.3 Å². The first-order chi connectivity index (χ1) is 8.24. The van der Waals surface area contributed by atoms with Crippen molar-refractivity contribution in [3.63, 3.8) is 0 Å². The van der Waals surface area contributed by atoms with Crippen molar-refractivity contribution in [2.45, 2.75) is 31.3 Å². The molecule has 1 aliphatic heterocycles. The molecule has 0 radical (unpaired) electrons. The normalized spacial score (nSPS) is 24.4. The highest BCUT2D eigenvalue weighted by atomic mass is 19.1. The molecular weight excluding hydrogens is 222 g/mol. The Labute approximate surface area is 99.6 Å². The zero-order chi connectivity index (χ0) is 11.8. The zero-order valence-electron chi connectivity index (χ0n) is 9.63. The van der Waals surface area contributed by atoms with E-state index in [4.69, 9.17) is 0 Å². The fourth-order valence-electron chi connectivity index (χ4n) is 2.47. The van der Waals surface area contributed by atoms with Crippen LogP contribution in [0.3, 0.4) is 0 Å². The Bertz CT molecular complexity index is 398. The molecule has 0 bridgehead atoms. The predicted molar refractivity (Wildman–Crippen MR) is 63.1 cm³/mol. The Balaban J connectivity index is 1.72. The molecule has 1 aromatic carbocycles. The Hall–Kier alpha value is -1.16. The van der Waals surface area contributed by atoms with E-state index in [-0.39, 0.29) is 5.69 Å². The highest BCUT2D eigenvalue weighted by molar-refractivity contribution is 5.50. The van der Waals surface area contributed by atoms with Crippen LogP contribution in [0.4, 0.5) is 14.5 Å². The first kappa shape index (κ1) is 11.0. The summed E-state index contributed by atoms with van der Waals surface area (Å²) in [5.74, 6) is -0.922. The maximum Gasteiger partial charge on any atom is 0.149 e. The Morgan fingerprint density at radius 2 is 1.76 bits per heavy atom. The van der Waals surface area contributed by atoms with Gasteiger partial charge in [-0.3, -0.25) is 0 Å². The van der Waals surface area contributed by atoms with Gasteiger partial charge in [-0.25, -0.2) is 8.78 Å². The molecule has 1 atom stereocenters. The molecule has 1 saturated carbocycles. The average Bonchev–Trinajstić information content (AvgIpc) is 2.97. The molecule has 1 N–H and O–H groups in total. The van der Waals surface area contributed by atoms with Crippen LogP contribution in [0, 0.1) is 11.6 Å². The van der Waals surface area contributed by atoms with Crippen LogP contribution in [-0.2, 0) is 0 Å². The van der Waals surface area contributed by atoms with Gasteiger partial charge in [0.2, 0.25) is 0 Å². The van der Waals surface area contributed by atoms with E-state index in [1.807, 2.05) is 4.90 Å². The number of halogens is 2. The van der Waals surface area contributed by atoms with E-state index in [0.717, 1.165) is 13.0 Å². The molecule has 2 nitrogen and oxygen atoms in total. The van der Waals surface area contributed by atoms with Crippen LogP contribution in [0.15, 0.2) is 18.2 Å². The first-order valence-electron chi connectivity index (χ1n) is 6.19. The number of rotatable bonds is 3. The van der Waals surface area contributed by atoms with Gasteiger partial charge in [-0.15, -0.1) is 0 Å². The van der Waals surface area contributed by atoms with Gasteiger partial charge in [0.25, 0.3) is 0 Å². The van der Waals surface area contributed by atoms with Crippen LogP contribution >= 0.6 is 0 Å². The van der Waals surface area contributed by atoms with Crippen molar-refractivity contribution in [1.82, 2.24) is 5.32 Å². The second kappa shape index (κ2) is 4.26. The van der Waals surface area contributed by atoms with Crippen LogP contribution in [0.5, 0.6) is 0 Å². The summed E-state index contributed by atoms with van der Waals surface area (Å²) in [5, 5.41) is 3.50. The number of benzene rings is 1. The molecule has 3 rings (SSSR count). The fourth-order valence-corrected chi connectivity index (χ4v) is 2.47. The molecule has 4 heteroatoms. The quantitative estimate of drug-likeness (QED) is 0.869. The monoisotopic (exact) mass is 238 g/mol. The van der Waals surface area contributed by atoms with Crippen LogP contribution in [0.2, 0.25) is 0 Å². The highest BCUT2D eigenvalue weighted by Gasteiger charge is 2.30. The maximum atomic E-state index is 13.6. The van der Waals surface area contributed by atoms with E-state index in [1.165, 1.54) is 31.0 Å². The molecule has 17 heavy (non-hydrogen) atoms. The standard InChI is InChI=1S/C13H16F2N2/c14-11-2-1-3-12(15)13(11)17-7-6-10(8-17)16-9-4-5-9/h1-3,9-10,16H,4-8H2. The molecule has 1 unspecified atom stereocenters. The van der Waals surface area contributed by atoms with Crippen molar-refractivity contribution >= 4 is 5.69 Å². The van der Waals surface area contributed by atoms with Gasteiger partial charge < -0.3 is 10.2 Å². The Kier molecular flexibility index (Phi) is 2.74. The second-order valence-corrected chi connectivity index (χ2v) is 4.94. The minimum atomic E-state index is -0.461. The third-order valence-electron chi connectivity index (χ3n) is 3.49. The number of para-hydroxylation sites is 1. The second-order valence-electron chi connectivity index (χ2n) is 4.94. The van der Waals surface area contributed by atoms with E-state index < -0.39 is 11.6 Å². The van der Waals surface area contributed by atoms with E-state index >= 15 is 0 Å². The SMILES string of the molecule is Fc1cccc(F)c1N1CCC(NC2CC2)C1. The molecule has 1 saturated heterocycles. The maximum absolute atomic E-state index is 13.6. The minimum Gasteiger partial charge on any atom is -0.365 e. The van der Waals surface area contributed by atoms with Gasteiger partial charge in [0, 0.05) is 25.2 Å². The average molecular weight is 238 g/mol. The van der Waals surface area contributed by atoms with Gasteiger partial charge in [0.05, 0.1) is 0 Å². The smallest absolute Gasteiger partial charge is 0.149 e. The van der Waals surface area contributed by atoms with Crippen LogP contribution < -0.4 is 10.2 Å². The summed E-state index contributed by atoms with van der Waals surface area (Å²) >= 11 is 0. The summed E-state index contributed by atoms with van der Waals surface area (Å²) in [6, 6.07) is 5.07. The summed E-state index contributed by atoms with van der Waals surface area (Å²) in [6.07, 6.45) is 3.44. The van der Waals surface area contributed by atoms with Gasteiger partial charge in [-0.1, -0.05) is 6.07 Å². The summed E-state index contributed by atoms with van der Waals surface area (Å²) in [4.78, 5) is 1.81. The molecule has 1 aliphatic carbocycles. The highest BCUT2D eigenvalue weighted by Crippen LogP contribution is 2.28. The summed E-state index contributed by atoms with van der Waals surface area (Å²) in [5.41, 5.74) is 0.132. The molecule has 2 aliphatic rings. The number of nitrogens with one attached hydrogen (secondary N) is 1. The lowest BCUT2D eigenvalue weighted by molar-refractivity contribution is 0.544. The van der Waals surface area contributed by atoms with E-state index in [0.29, 0.717) is 18.6 Å². The van der Waals surface area contributed by atoms with E-state index in [2.05, 4.69) is 5.32 Å². The van der Waals surface area contributed by atoms with Crippen LogP contribution in [-0.4, -0.2) is 25.2 Å². The van der Waals surface area contributed by atoms with Crippen LogP contribution in [0.1, 0.15) is 19.3 Å². The lowest BCUT2D eigenvalue weighted by Crippen LogP contribution is -2.34. The summed E-state index contributed by atoms with van der Waals surface area (Å²) in [6.45, 7) is 1.43. The van der Waals surface area contributed by atoms with Gasteiger partial charge in [0.15, 0.2) is 0 Å². The van der Waals surface area contributed by atoms with Crippen molar-refractivity contribution in [3.05, 3.63) is 29.8 Å². The predicted octanol–water partition coefficient (Wildman–Crippen LogP) is 2.30. The molecule has 92 valence electrons. The fraction of sp³-hybridized carbons (Fsp3) is 0.538. The largest absolute Gasteiger partial charge is 0.365 e. The lowest BCUT2D eigenvalue weighted by Gasteiger charge is -2.20. The topological polar surface area (TPSA) is 15.3 Å². The summed E-state index contributed by atoms with van der Waals surface area (Å²) in [7, 11) is 0. The van der Waals surface area contributed by atoms with Crippen molar-refractivity contribution in [1.29, 1.82) is 0 Å².